The SMILES string of the molecule is CC(C)(C)OC(=O)n1c(-c2ccc(CO)c3c2C(=O)NC3)cc2cc(CN3CCCCC3)ccc21. The Hall–Kier alpha value is -3.16. The first-order chi connectivity index (χ1) is 16.7. The van der Waals surface area contributed by atoms with Gasteiger partial charge in [-0.3, -0.25) is 9.69 Å². The molecule has 0 unspecified atom stereocenters. The number of benzene rings is 2. The molecule has 0 saturated carbocycles. The summed E-state index contributed by atoms with van der Waals surface area (Å²) in [6.07, 6.45) is 3.28. The zero-order valence-corrected chi connectivity index (χ0v) is 20.7. The number of fused-ring (bicyclic) bond motifs is 2. The van der Waals surface area contributed by atoms with Crippen molar-refractivity contribution in [3.63, 3.8) is 0 Å². The van der Waals surface area contributed by atoms with Crippen molar-refractivity contribution in [1.29, 1.82) is 0 Å². The summed E-state index contributed by atoms with van der Waals surface area (Å²) in [6.45, 7) is 8.85. The van der Waals surface area contributed by atoms with Crippen LogP contribution in [0.4, 0.5) is 4.79 Å². The minimum absolute atomic E-state index is 0.146. The van der Waals surface area contributed by atoms with E-state index in [9.17, 15) is 14.7 Å². The molecule has 2 aliphatic heterocycles. The third kappa shape index (κ3) is 4.58. The van der Waals surface area contributed by atoms with Crippen molar-refractivity contribution in [2.24, 2.45) is 0 Å². The number of aliphatic hydroxyl groups is 1. The topological polar surface area (TPSA) is 83.8 Å². The van der Waals surface area contributed by atoms with Gasteiger partial charge in [-0.2, -0.15) is 0 Å². The fourth-order valence-corrected chi connectivity index (χ4v) is 5.21. The predicted octanol–water partition coefficient (Wildman–Crippen LogP) is 4.81. The molecule has 0 atom stereocenters. The number of carbonyl (C=O) groups is 2. The van der Waals surface area contributed by atoms with Gasteiger partial charge in [0.25, 0.3) is 5.91 Å². The minimum atomic E-state index is -0.667. The van der Waals surface area contributed by atoms with E-state index in [0.717, 1.165) is 36.1 Å². The van der Waals surface area contributed by atoms with E-state index >= 15 is 0 Å². The summed E-state index contributed by atoms with van der Waals surface area (Å²) in [4.78, 5) is 28.7. The van der Waals surface area contributed by atoms with Crippen LogP contribution in [-0.2, 0) is 24.4 Å². The lowest BCUT2D eigenvalue weighted by Gasteiger charge is -2.26. The second kappa shape index (κ2) is 9.13. The molecule has 0 radical (unpaired) electrons. The molecular weight excluding hydrogens is 442 g/mol. The van der Waals surface area contributed by atoms with Crippen molar-refractivity contribution in [3.8, 4) is 11.3 Å². The van der Waals surface area contributed by atoms with Crippen molar-refractivity contribution < 1.29 is 19.4 Å². The van der Waals surface area contributed by atoms with E-state index in [-0.39, 0.29) is 12.5 Å². The van der Waals surface area contributed by atoms with Gasteiger partial charge in [0.1, 0.15) is 5.60 Å². The number of aliphatic hydroxyl groups excluding tert-OH is 1. The molecular formula is C28H33N3O4. The molecule has 2 N–H and O–H groups in total. The average molecular weight is 476 g/mol. The molecule has 2 aromatic carbocycles. The molecule has 7 nitrogen and oxygen atoms in total. The number of rotatable bonds is 4. The molecule has 3 aromatic rings. The first kappa shape index (κ1) is 23.6. The van der Waals surface area contributed by atoms with Gasteiger partial charge in [0, 0.05) is 24.0 Å². The lowest BCUT2D eigenvalue weighted by atomic mass is 9.96. The van der Waals surface area contributed by atoms with Crippen LogP contribution >= 0.6 is 0 Å². The molecule has 7 heteroatoms. The van der Waals surface area contributed by atoms with Crippen LogP contribution < -0.4 is 5.32 Å². The predicted molar refractivity (Wildman–Crippen MR) is 135 cm³/mol. The lowest BCUT2D eigenvalue weighted by molar-refractivity contribution is 0.0547. The molecule has 184 valence electrons. The molecule has 1 saturated heterocycles. The van der Waals surface area contributed by atoms with Crippen molar-refractivity contribution in [3.05, 3.63) is 58.7 Å². The second-order valence-corrected chi connectivity index (χ2v) is 10.5. The highest BCUT2D eigenvalue weighted by atomic mass is 16.6. The normalized spacial score (nSPS) is 16.4. The summed E-state index contributed by atoms with van der Waals surface area (Å²) in [5.41, 5.74) is 4.56. The van der Waals surface area contributed by atoms with Crippen molar-refractivity contribution in [2.75, 3.05) is 13.1 Å². The van der Waals surface area contributed by atoms with Crippen LogP contribution in [0.5, 0.6) is 0 Å². The van der Waals surface area contributed by atoms with Crippen LogP contribution in [0, 0.1) is 0 Å². The Labute approximate surface area is 205 Å². The van der Waals surface area contributed by atoms with E-state index in [1.807, 2.05) is 45.0 Å². The summed E-state index contributed by atoms with van der Waals surface area (Å²) in [5.74, 6) is -0.197. The summed E-state index contributed by atoms with van der Waals surface area (Å²) in [5, 5.41) is 13.6. The zero-order chi connectivity index (χ0) is 24.7. The van der Waals surface area contributed by atoms with E-state index in [0.29, 0.717) is 28.9 Å². The van der Waals surface area contributed by atoms with Crippen LogP contribution in [0.25, 0.3) is 22.2 Å². The van der Waals surface area contributed by atoms with E-state index in [2.05, 4.69) is 22.3 Å². The molecule has 35 heavy (non-hydrogen) atoms. The van der Waals surface area contributed by atoms with Crippen molar-refractivity contribution in [2.45, 2.75) is 65.3 Å². The maximum absolute atomic E-state index is 13.4. The number of hydrogen-bond acceptors (Lipinski definition) is 5. The zero-order valence-electron chi connectivity index (χ0n) is 20.7. The van der Waals surface area contributed by atoms with Gasteiger partial charge in [0.15, 0.2) is 0 Å². The Morgan fingerprint density at radius 1 is 1.09 bits per heavy atom. The fraction of sp³-hybridized carbons (Fsp3) is 0.429. The number of carbonyl (C=O) groups excluding carboxylic acids is 2. The van der Waals surface area contributed by atoms with Crippen LogP contribution in [-0.4, -0.2) is 45.3 Å². The van der Waals surface area contributed by atoms with Gasteiger partial charge in [-0.15, -0.1) is 0 Å². The van der Waals surface area contributed by atoms with E-state index in [1.165, 1.54) is 24.8 Å². The smallest absolute Gasteiger partial charge is 0.419 e. The van der Waals surface area contributed by atoms with Crippen molar-refractivity contribution in [1.82, 2.24) is 14.8 Å². The van der Waals surface area contributed by atoms with Gasteiger partial charge in [0.05, 0.1) is 23.4 Å². The molecule has 3 heterocycles. The minimum Gasteiger partial charge on any atom is -0.443 e. The summed E-state index contributed by atoms with van der Waals surface area (Å²) < 4.78 is 7.34. The van der Waals surface area contributed by atoms with Crippen LogP contribution in [0.1, 0.15) is 67.1 Å². The highest BCUT2D eigenvalue weighted by Crippen LogP contribution is 2.36. The number of aromatic nitrogens is 1. The maximum atomic E-state index is 13.4. The second-order valence-electron chi connectivity index (χ2n) is 10.5. The number of ether oxygens (including phenoxy) is 1. The first-order valence-electron chi connectivity index (χ1n) is 12.4. The van der Waals surface area contributed by atoms with Gasteiger partial charge < -0.3 is 15.2 Å². The first-order valence-corrected chi connectivity index (χ1v) is 12.4. The Bertz CT molecular complexity index is 1300. The summed E-state index contributed by atoms with van der Waals surface area (Å²) in [6, 6.07) is 11.8. The number of nitrogens with zero attached hydrogens (tertiary/aromatic N) is 2. The van der Waals surface area contributed by atoms with E-state index in [4.69, 9.17) is 4.74 Å². The highest BCUT2D eigenvalue weighted by molar-refractivity contribution is 6.07. The molecule has 5 rings (SSSR count). The van der Waals surface area contributed by atoms with Gasteiger partial charge in [-0.25, -0.2) is 9.36 Å². The molecule has 2 aliphatic rings. The Kier molecular flexibility index (Phi) is 6.15. The molecule has 1 fully saturated rings. The van der Waals surface area contributed by atoms with Gasteiger partial charge in [-0.1, -0.05) is 24.6 Å². The summed E-state index contributed by atoms with van der Waals surface area (Å²) in [7, 11) is 0. The largest absolute Gasteiger partial charge is 0.443 e. The average Bonchev–Trinajstić information content (AvgIpc) is 3.39. The van der Waals surface area contributed by atoms with Crippen molar-refractivity contribution >= 4 is 22.9 Å². The summed E-state index contributed by atoms with van der Waals surface area (Å²) >= 11 is 0. The number of likely N-dealkylation sites (tertiary alicyclic amines) is 1. The van der Waals surface area contributed by atoms with Gasteiger partial charge in [-0.05, 0) is 81.6 Å². The quantitative estimate of drug-likeness (QED) is 0.566. The number of amides is 1. The number of nitrogens with one attached hydrogen (secondary N) is 1. The van der Waals surface area contributed by atoms with Crippen LogP contribution in [0.2, 0.25) is 0 Å². The third-order valence-corrected chi connectivity index (χ3v) is 6.81. The Morgan fingerprint density at radius 3 is 2.57 bits per heavy atom. The maximum Gasteiger partial charge on any atom is 0.419 e. The lowest BCUT2D eigenvalue weighted by Crippen LogP contribution is -2.29. The molecule has 0 spiro atoms. The Balaban J connectivity index is 1.65. The standard InChI is InChI=1S/C28H33N3O4/c1-28(2,3)35-27(34)31-23-10-7-18(16-30-11-5-4-6-12-30)13-20(23)14-24(31)21-9-8-19(17-32)22-15-29-26(33)25(21)22/h7-10,13-14,32H,4-6,11-12,15-17H2,1-3H3,(H,29,33). The van der Waals surface area contributed by atoms with E-state index in [1.54, 1.807) is 4.57 Å². The van der Waals surface area contributed by atoms with E-state index < -0.39 is 11.7 Å². The fourth-order valence-electron chi connectivity index (χ4n) is 5.21. The Morgan fingerprint density at radius 2 is 1.86 bits per heavy atom. The van der Waals surface area contributed by atoms with Gasteiger partial charge in [0.2, 0.25) is 0 Å². The van der Waals surface area contributed by atoms with Crippen LogP contribution in [0.15, 0.2) is 36.4 Å². The molecule has 1 amide bonds. The number of hydrogen-bond donors (Lipinski definition) is 2. The van der Waals surface area contributed by atoms with Gasteiger partial charge >= 0.3 is 6.09 Å². The monoisotopic (exact) mass is 475 g/mol. The highest BCUT2D eigenvalue weighted by Gasteiger charge is 2.30. The third-order valence-electron chi connectivity index (χ3n) is 6.81. The molecule has 1 aromatic heterocycles. The molecule has 0 bridgehead atoms. The van der Waals surface area contributed by atoms with Crippen LogP contribution in [0.3, 0.4) is 0 Å². The number of piperidine rings is 1. The molecule has 0 aliphatic carbocycles.